The molecule has 194 valence electrons. The molecule has 1 atom stereocenters. The Bertz CT molecular complexity index is 1160. The molecule has 0 aromatic heterocycles. The zero-order chi connectivity index (χ0) is 26.8. The predicted octanol–water partition coefficient (Wildman–Crippen LogP) is 3.97. The number of rotatable bonds is 11. The highest BCUT2D eigenvalue weighted by molar-refractivity contribution is 6.08. The molecular weight excluding hydrogens is 460 g/mol. The Labute approximate surface area is 221 Å². The van der Waals surface area contributed by atoms with Crippen LogP contribution in [-0.4, -0.2) is 49.7 Å². The van der Waals surface area contributed by atoms with Gasteiger partial charge in [-0.3, -0.25) is 9.69 Å². The molecule has 1 saturated heterocycles. The highest BCUT2D eigenvalue weighted by atomic mass is 16.2. The van der Waals surface area contributed by atoms with Crippen LogP contribution in [0.25, 0.3) is 0 Å². The minimum atomic E-state index is -0.401. The van der Waals surface area contributed by atoms with Gasteiger partial charge in [0.1, 0.15) is 17.7 Å². The number of benzene rings is 2. The van der Waals surface area contributed by atoms with Gasteiger partial charge in [-0.25, -0.2) is 0 Å². The Balaban J connectivity index is 2.05. The molecule has 2 aromatic rings. The van der Waals surface area contributed by atoms with Crippen molar-refractivity contribution in [3.8, 4) is 12.1 Å². The SMILES string of the molecule is CCCNCc1cccc(N(CC)C(=O)C(=C(C#N)C#N)C(Cc2cc(C)cc(C)c2)N2CCNC2)c1. The molecule has 3 rings (SSSR count). The van der Waals surface area contributed by atoms with Crippen LogP contribution in [0, 0.1) is 36.5 Å². The van der Waals surface area contributed by atoms with E-state index < -0.39 is 6.04 Å². The van der Waals surface area contributed by atoms with Gasteiger partial charge in [0.2, 0.25) is 0 Å². The van der Waals surface area contributed by atoms with Crippen LogP contribution in [0.5, 0.6) is 0 Å². The minimum absolute atomic E-state index is 0.120. The van der Waals surface area contributed by atoms with E-state index >= 15 is 0 Å². The molecule has 0 saturated carbocycles. The summed E-state index contributed by atoms with van der Waals surface area (Å²) in [5, 5.41) is 26.6. The Hall–Kier alpha value is -3.49. The number of nitrogens with zero attached hydrogens (tertiary/aromatic N) is 4. The van der Waals surface area contributed by atoms with E-state index in [0.29, 0.717) is 26.2 Å². The number of aryl methyl sites for hydroxylation is 2. The lowest BCUT2D eigenvalue weighted by molar-refractivity contribution is -0.115. The Morgan fingerprint density at radius 1 is 1.11 bits per heavy atom. The quantitative estimate of drug-likeness (QED) is 0.277. The third-order valence-electron chi connectivity index (χ3n) is 6.64. The number of carbonyl (C=O) groups is 1. The van der Waals surface area contributed by atoms with E-state index in [4.69, 9.17) is 0 Å². The normalized spacial score (nSPS) is 14.0. The van der Waals surface area contributed by atoms with E-state index in [-0.39, 0.29) is 17.1 Å². The van der Waals surface area contributed by atoms with Crippen molar-refractivity contribution in [2.45, 2.75) is 53.1 Å². The zero-order valence-electron chi connectivity index (χ0n) is 22.5. The van der Waals surface area contributed by atoms with Crippen molar-refractivity contribution in [1.82, 2.24) is 15.5 Å². The molecule has 1 fully saturated rings. The molecule has 7 nitrogen and oxygen atoms in total. The van der Waals surface area contributed by atoms with Crippen molar-refractivity contribution in [3.05, 3.63) is 75.9 Å². The highest BCUT2D eigenvalue weighted by Crippen LogP contribution is 2.27. The van der Waals surface area contributed by atoms with Gasteiger partial charge in [-0.05, 0) is 63.4 Å². The molecule has 1 heterocycles. The first-order valence-electron chi connectivity index (χ1n) is 13.1. The van der Waals surface area contributed by atoms with Gasteiger partial charge in [0.15, 0.2) is 0 Å². The molecule has 0 aliphatic carbocycles. The minimum Gasteiger partial charge on any atom is -0.313 e. The number of allylic oxidation sites excluding steroid dienone is 1. The third kappa shape index (κ3) is 7.27. The van der Waals surface area contributed by atoms with Gasteiger partial charge in [-0.2, -0.15) is 10.5 Å². The molecule has 1 unspecified atom stereocenters. The first kappa shape index (κ1) is 28.1. The maximum absolute atomic E-state index is 14.2. The van der Waals surface area contributed by atoms with Crippen molar-refractivity contribution in [3.63, 3.8) is 0 Å². The van der Waals surface area contributed by atoms with Crippen LogP contribution in [0.4, 0.5) is 5.69 Å². The first-order valence-corrected chi connectivity index (χ1v) is 13.1. The fourth-order valence-electron chi connectivity index (χ4n) is 5.01. The van der Waals surface area contributed by atoms with E-state index in [2.05, 4.69) is 54.5 Å². The fourth-order valence-corrected chi connectivity index (χ4v) is 5.01. The summed E-state index contributed by atoms with van der Waals surface area (Å²) in [4.78, 5) is 18.1. The number of nitrogens with one attached hydrogen (secondary N) is 2. The maximum atomic E-state index is 14.2. The van der Waals surface area contributed by atoms with Gasteiger partial charge in [-0.1, -0.05) is 48.4 Å². The third-order valence-corrected chi connectivity index (χ3v) is 6.64. The zero-order valence-corrected chi connectivity index (χ0v) is 22.5. The summed E-state index contributed by atoms with van der Waals surface area (Å²) in [5.41, 5.74) is 5.38. The monoisotopic (exact) mass is 498 g/mol. The van der Waals surface area contributed by atoms with Crippen molar-refractivity contribution in [2.24, 2.45) is 0 Å². The van der Waals surface area contributed by atoms with E-state index in [1.54, 1.807) is 4.90 Å². The number of hydrogen-bond donors (Lipinski definition) is 2. The van der Waals surface area contributed by atoms with Crippen LogP contribution < -0.4 is 15.5 Å². The lowest BCUT2D eigenvalue weighted by Gasteiger charge is -2.32. The van der Waals surface area contributed by atoms with E-state index in [1.165, 1.54) is 0 Å². The standard InChI is InChI=1S/C30H38N6O/c1-5-10-33-20-24-8-7-9-27(16-24)36(6-2)30(37)29(26(18-31)19-32)28(35-12-11-34-21-35)17-25-14-22(3)13-23(4)15-25/h7-9,13-16,28,33-34H,5-6,10-12,17,20-21H2,1-4H3. The maximum Gasteiger partial charge on any atom is 0.257 e. The Morgan fingerprint density at radius 3 is 2.43 bits per heavy atom. The topological polar surface area (TPSA) is 95.2 Å². The molecule has 0 bridgehead atoms. The number of amides is 1. The van der Waals surface area contributed by atoms with Gasteiger partial charge in [0.25, 0.3) is 5.91 Å². The van der Waals surface area contributed by atoms with Crippen LogP contribution in [0.15, 0.2) is 53.6 Å². The fraction of sp³-hybridized carbons (Fsp3) is 0.433. The van der Waals surface area contributed by atoms with Crippen LogP contribution >= 0.6 is 0 Å². The van der Waals surface area contributed by atoms with E-state index in [0.717, 1.165) is 54.0 Å². The number of likely N-dealkylation sites (N-methyl/N-ethyl adjacent to an activating group) is 1. The molecule has 2 aromatic carbocycles. The van der Waals surface area contributed by atoms with E-state index in [1.807, 2.05) is 43.3 Å². The van der Waals surface area contributed by atoms with Crippen LogP contribution in [-0.2, 0) is 17.8 Å². The summed E-state index contributed by atoms with van der Waals surface area (Å²) in [6.45, 7) is 12.4. The lowest BCUT2D eigenvalue weighted by atomic mass is 9.91. The highest BCUT2D eigenvalue weighted by Gasteiger charge is 2.34. The second-order valence-corrected chi connectivity index (χ2v) is 9.59. The number of hydrogen-bond acceptors (Lipinski definition) is 6. The predicted molar refractivity (Wildman–Crippen MR) is 148 cm³/mol. The van der Waals surface area contributed by atoms with Crippen molar-refractivity contribution in [1.29, 1.82) is 10.5 Å². The molecule has 2 N–H and O–H groups in total. The first-order chi connectivity index (χ1) is 17.9. The number of carbonyl (C=O) groups excluding carboxylic acids is 1. The molecule has 0 radical (unpaired) electrons. The largest absolute Gasteiger partial charge is 0.313 e. The molecule has 37 heavy (non-hydrogen) atoms. The summed E-state index contributed by atoms with van der Waals surface area (Å²) in [6.07, 6.45) is 1.59. The van der Waals surface area contributed by atoms with Crippen LogP contribution in [0.1, 0.15) is 42.5 Å². The lowest BCUT2D eigenvalue weighted by Crippen LogP contribution is -2.44. The summed E-state index contributed by atoms with van der Waals surface area (Å²) in [6, 6.07) is 17.9. The summed E-state index contributed by atoms with van der Waals surface area (Å²) in [5.74, 6) is -0.291. The smallest absolute Gasteiger partial charge is 0.257 e. The van der Waals surface area contributed by atoms with Gasteiger partial charge in [-0.15, -0.1) is 0 Å². The molecule has 7 heteroatoms. The Kier molecular flexibility index (Phi) is 10.4. The van der Waals surface area contributed by atoms with Crippen LogP contribution in [0.3, 0.4) is 0 Å². The molecule has 1 aliphatic heterocycles. The second kappa shape index (κ2) is 13.7. The molecule has 1 amide bonds. The van der Waals surface area contributed by atoms with Gasteiger partial charge in [0, 0.05) is 44.6 Å². The Morgan fingerprint density at radius 2 is 1.84 bits per heavy atom. The van der Waals surface area contributed by atoms with Gasteiger partial charge < -0.3 is 15.5 Å². The number of anilines is 1. The second-order valence-electron chi connectivity index (χ2n) is 9.59. The summed E-state index contributed by atoms with van der Waals surface area (Å²) >= 11 is 0. The van der Waals surface area contributed by atoms with Crippen LogP contribution in [0.2, 0.25) is 0 Å². The number of nitriles is 2. The van der Waals surface area contributed by atoms with Gasteiger partial charge in [0.05, 0.1) is 5.57 Å². The van der Waals surface area contributed by atoms with Crippen molar-refractivity contribution in [2.75, 3.05) is 37.7 Å². The van der Waals surface area contributed by atoms with E-state index in [9.17, 15) is 15.3 Å². The molecule has 0 spiro atoms. The average Bonchev–Trinajstić information content (AvgIpc) is 3.41. The van der Waals surface area contributed by atoms with Crippen molar-refractivity contribution < 1.29 is 4.79 Å². The average molecular weight is 499 g/mol. The molecular formula is C30H38N6O. The molecule has 1 aliphatic rings. The summed E-state index contributed by atoms with van der Waals surface area (Å²) < 4.78 is 0. The van der Waals surface area contributed by atoms with Gasteiger partial charge >= 0.3 is 0 Å². The summed E-state index contributed by atoms with van der Waals surface area (Å²) in [7, 11) is 0. The van der Waals surface area contributed by atoms with Crippen molar-refractivity contribution >= 4 is 11.6 Å².